The SMILES string of the molecule is O=C1C=CC(SCC(=O)NC[C@H]2CN(Cc3ccc(F)c(Cl)c3)CCO2)NN1. The highest BCUT2D eigenvalue weighted by Gasteiger charge is 2.21. The molecule has 1 fully saturated rings. The van der Waals surface area contributed by atoms with E-state index in [9.17, 15) is 14.0 Å². The van der Waals surface area contributed by atoms with Crippen molar-refractivity contribution in [3.8, 4) is 0 Å². The van der Waals surface area contributed by atoms with Crippen LogP contribution in [0.5, 0.6) is 0 Å². The van der Waals surface area contributed by atoms with E-state index in [4.69, 9.17) is 16.3 Å². The second-order valence-electron chi connectivity index (χ2n) is 6.50. The van der Waals surface area contributed by atoms with E-state index < -0.39 is 5.82 Å². The summed E-state index contributed by atoms with van der Waals surface area (Å²) in [7, 11) is 0. The van der Waals surface area contributed by atoms with Crippen LogP contribution in [-0.4, -0.2) is 60.2 Å². The summed E-state index contributed by atoms with van der Waals surface area (Å²) in [6.07, 6.45) is 3.04. The fourth-order valence-corrected chi connectivity index (χ4v) is 3.86. The highest BCUT2D eigenvalue weighted by Crippen LogP contribution is 2.18. The Kier molecular flexibility index (Phi) is 7.69. The minimum atomic E-state index is -0.424. The molecule has 2 aliphatic rings. The molecule has 2 aliphatic heterocycles. The summed E-state index contributed by atoms with van der Waals surface area (Å²) in [5.74, 6) is -0.457. The Morgan fingerprint density at radius 3 is 3.07 bits per heavy atom. The molecule has 0 aromatic heterocycles. The lowest BCUT2D eigenvalue weighted by molar-refractivity contribution is -0.120. The maximum absolute atomic E-state index is 13.3. The second-order valence-corrected chi connectivity index (χ2v) is 8.04. The monoisotopic (exact) mass is 428 g/mol. The van der Waals surface area contributed by atoms with Gasteiger partial charge in [0, 0.05) is 32.3 Å². The average Bonchev–Trinajstić information content (AvgIpc) is 2.69. The lowest BCUT2D eigenvalue weighted by Crippen LogP contribution is -2.48. The van der Waals surface area contributed by atoms with E-state index in [-0.39, 0.29) is 34.1 Å². The first-order chi connectivity index (χ1) is 13.5. The number of nitrogens with one attached hydrogen (secondary N) is 3. The molecule has 152 valence electrons. The molecule has 2 amide bonds. The van der Waals surface area contributed by atoms with Crippen molar-refractivity contribution in [2.75, 3.05) is 32.0 Å². The Bertz CT molecular complexity index is 752. The van der Waals surface area contributed by atoms with Crippen LogP contribution < -0.4 is 16.2 Å². The fourth-order valence-electron chi connectivity index (χ4n) is 2.89. The van der Waals surface area contributed by atoms with Gasteiger partial charge in [0.05, 0.1) is 28.9 Å². The number of morpholine rings is 1. The zero-order valence-corrected chi connectivity index (χ0v) is 16.7. The highest BCUT2D eigenvalue weighted by atomic mass is 35.5. The summed E-state index contributed by atoms with van der Waals surface area (Å²) in [6.45, 7) is 3.07. The summed E-state index contributed by atoms with van der Waals surface area (Å²) in [5, 5.41) is 2.87. The minimum Gasteiger partial charge on any atom is -0.374 e. The van der Waals surface area contributed by atoms with Crippen molar-refractivity contribution in [3.63, 3.8) is 0 Å². The molecular formula is C18H22ClFN4O3S. The van der Waals surface area contributed by atoms with Gasteiger partial charge < -0.3 is 10.1 Å². The smallest absolute Gasteiger partial charge is 0.257 e. The number of carbonyl (C=O) groups is 2. The largest absolute Gasteiger partial charge is 0.374 e. The van der Waals surface area contributed by atoms with Gasteiger partial charge in [-0.15, -0.1) is 11.8 Å². The van der Waals surface area contributed by atoms with Crippen LogP contribution in [0, 0.1) is 5.82 Å². The van der Waals surface area contributed by atoms with Crippen molar-refractivity contribution in [3.05, 3.63) is 46.8 Å². The first-order valence-corrected chi connectivity index (χ1v) is 10.3. The quantitative estimate of drug-likeness (QED) is 0.602. The van der Waals surface area contributed by atoms with E-state index in [1.807, 2.05) is 0 Å². The molecule has 3 N–H and O–H groups in total. The lowest BCUT2D eigenvalue weighted by atomic mass is 10.2. The Hall–Kier alpha value is -1.65. The van der Waals surface area contributed by atoms with E-state index in [0.29, 0.717) is 26.2 Å². The van der Waals surface area contributed by atoms with Crippen molar-refractivity contribution in [1.29, 1.82) is 0 Å². The number of nitrogens with zero attached hydrogens (tertiary/aromatic N) is 1. The van der Waals surface area contributed by atoms with Crippen LogP contribution in [0.1, 0.15) is 5.56 Å². The predicted molar refractivity (Wildman–Crippen MR) is 106 cm³/mol. The summed E-state index contributed by atoms with van der Waals surface area (Å²) >= 11 is 7.22. The lowest BCUT2D eigenvalue weighted by Gasteiger charge is -2.33. The number of carbonyl (C=O) groups excluding carboxylic acids is 2. The van der Waals surface area contributed by atoms with Crippen molar-refractivity contribution in [2.45, 2.75) is 18.0 Å². The van der Waals surface area contributed by atoms with Crippen LogP contribution in [0.3, 0.4) is 0 Å². The Morgan fingerprint density at radius 2 is 2.32 bits per heavy atom. The Morgan fingerprint density at radius 1 is 1.46 bits per heavy atom. The molecule has 2 heterocycles. The third kappa shape index (κ3) is 6.46. The van der Waals surface area contributed by atoms with Crippen molar-refractivity contribution >= 4 is 35.2 Å². The van der Waals surface area contributed by atoms with Gasteiger partial charge in [0.1, 0.15) is 5.82 Å². The third-order valence-corrected chi connectivity index (χ3v) is 5.65. The molecule has 0 aliphatic carbocycles. The zero-order valence-electron chi connectivity index (χ0n) is 15.1. The number of benzene rings is 1. The molecule has 1 unspecified atom stereocenters. The van der Waals surface area contributed by atoms with Crippen molar-refractivity contribution in [2.24, 2.45) is 0 Å². The van der Waals surface area contributed by atoms with Gasteiger partial charge in [0.15, 0.2) is 0 Å². The Balaban J connectivity index is 1.38. The summed E-state index contributed by atoms with van der Waals surface area (Å²) in [4.78, 5) is 25.2. The highest BCUT2D eigenvalue weighted by molar-refractivity contribution is 8.00. The van der Waals surface area contributed by atoms with Crippen LogP contribution in [-0.2, 0) is 20.9 Å². The number of hydrogen-bond acceptors (Lipinski definition) is 6. The molecule has 1 saturated heterocycles. The number of hydrazine groups is 1. The Labute approximate surface area is 172 Å². The first-order valence-electron chi connectivity index (χ1n) is 8.89. The normalized spacial score (nSPS) is 22.7. The van der Waals surface area contributed by atoms with Crippen LogP contribution in [0.4, 0.5) is 4.39 Å². The molecule has 28 heavy (non-hydrogen) atoms. The van der Waals surface area contributed by atoms with Crippen LogP contribution in [0.15, 0.2) is 30.4 Å². The van der Waals surface area contributed by atoms with Gasteiger partial charge in [-0.1, -0.05) is 23.7 Å². The molecule has 10 heteroatoms. The average molecular weight is 429 g/mol. The van der Waals surface area contributed by atoms with E-state index in [2.05, 4.69) is 21.1 Å². The van der Waals surface area contributed by atoms with Gasteiger partial charge >= 0.3 is 0 Å². The molecule has 1 aromatic carbocycles. The van der Waals surface area contributed by atoms with Gasteiger partial charge in [0.2, 0.25) is 5.91 Å². The summed E-state index contributed by atoms with van der Waals surface area (Å²) in [5.41, 5.74) is 6.22. The van der Waals surface area contributed by atoms with Gasteiger partial charge in [-0.25, -0.2) is 9.82 Å². The van der Waals surface area contributed by atoms with E-state index in [1.54, 1.807) is 18.2 Å². The minimum absolute atomic E-state index is 0.0943. The van der Waals surface area contributed by atoms with Gasteiger partial charge in [0.25, 0.3) is 5.91 Å². The van der Waals surface area contributed by atoms with E-state index >= 15 is 0 Å². The fraction of sp³-hybridized carbons (Fsp3) is 0.444. The standard InChI is InChI=1S/C18H22ClFN4O3S/c19-14-7-12(1-2-15(14)20)9-24-5-6-27-13(10-24)8-21-17(26)11-28-18-4-3-16(25)22-23-18/h1-4,7,13,18,23H,5-6,8-11H2,(H,21,26)(H,22,25)/t13-,18?/m0/s1. The summed E-state index contributed by atoms with van der Waals surface area (Å²) in [6, 6.07) is 4.73. The molecule has 7 nitrogen and oxygen atoms in total. The van der Waals surface area contributed by atoms with Crippen molar-refractivity contribution < 1.29 is 18.7 Å². The molecule has 0 saturated carbocycles. The van der Waals surface area contributed by atoms with Crippen LogP contribution in [0.25, 0.3) is 0 Å². The maximum Gasteiger partial charge on any atom is 0.257 e. The number of hydrogen-bond donors (Lipinski definition) is 3. The molecular weight excluding hydrogens is 407 g/mol. The second kappa shape index (κ2) is 10.2. The first kappa shape index (κ1) is 21.1. The molecule has 1 aromatic rings. The molecule has 0 bridgehead atoms. The number of ether oxygens (including phenoxy) is 1. The molecule has 2 atom stereocenters. The number of thioether (sulfide) groups is 1. The van der Waals surface area contributed by atoms with Gasteiger partial charge in [-0.2, -0.15) is 0 Å². The third-order valence-electron chi connectivity index (χ3n) is 4.29. The van der Waals surface area contributed by atoms with Crippen molar-refractivity contribution in [1.82, 2.24) is 21.1 Å². The topological polar surface area (TPSA) is 82.7 Å². The maximum atomic E-state index is 13.3. The molecule has 3 rings (SSSR count). The number of amides is 2. The molecule has 0 radical (unpaired) electrons. The molecule has 0 spiro atoms. The summed E-state index contributed by atoms with van der Waals surface area (Å²) < 4.78 is 19.0. The number of rotatable bonds is 7. The zero-order chi connectivity index (χ0) is 19.9. The van der Waals surface area contributed by atoms with Crippen LogP contribution >= 0.6 is 23.4 Å². The van der Waals surface area contributed by atoms with Gasteiger partial charge in [-0.05, 0) is 17.7 Å². The van der Waals surface area contributed by atoms with Crippen LogP contribution in [0.2, 0.25) is 5.02 Å². The van der Waals surface area contributed by atoms with E-state index in [0.717, 1.165) is 12.1 Å². The number of halogens is 2. The van der Waals surface area contributed by atoms with Gasteiger partial charge in [-0.3, -0.25) is 19.9 Å². The van der Waals surface area contributed by atoms with E-state index in [1.165, 1.54) is 23.9 Å². The predicted octanol–water partition coefficient (Wildman–Crippen LogP) is 1.05.